The Labute approximate surface area is 86.2 Å². The van der Waals surface area contributed by atoms with Crippen LogP contribution in [0, 0.1) is 0 Å². The molecule has 1 amide bonds. The van der Waals surface area contributed by atoms with Gasteiger partial charge in [-0.15, -0.1) is 0 Å². The van der Waals surface area contributed by atoms with Crippen molar-refractivity contribution in [3.8, 4) is 0 Å². The molecular formula is C10H21N3O. The van der Waals surface area contributed by atoms with Gasteiger partial charge in [0.15, 0.2) is 0 Å². The van der Waals surface area contributed by atoms with E-state index in [4.69, 9.17) is 0 Å². The zero-order valence-electron chi connectivity index (χ0n) is 9.42. The average Bonchev–Trinajstić information content (AvgIpc) is 2.16. The third-order valence-electron chi connectivity index (χ3n) is 2.76. The number of nitrogens with one attached hydrogen (secondary N) is 1. The van der Waals surface area contributed by atoms with Crippen molar-refractivity contribution in [1.82, 2.24) is 15.1 Å². The van der Waals surface area contributed by atoms with E-state index < -0.39 is 0 Å². The molecule has 0 bridgehead atoms. The van der Waals surface area contributed by atoms with Gasteiger partial charge >= 0.3 is 0 Å². The highest BCUT2D eigenvalue weighted by Gasteiger charge is 2.16. The molecule has 1 N–H and O–H groups in total. The van der Waals surface area contributed by atoms with Gasteiger partial charge in [-0.3, -0.25) is 4.79 Å². The van der Waals surface area contributed by atoms with E-state index in [1.54, 1.807) is 19.0 Å². The second-order valence-electron chi connectivity index (χ2n) is 4.25. The number of hydrogen-bond donors (Lipinski definition) is 1. The fourth-order valence-electron chi connectivity index (χ4n) is 1.60. The van der Waals surface area contributed by atoms with Gasteiger partial charge in [0.05, 0.1) is 6.54 Å². The van der Waals surface area contributed by atoms with Crippen LogP contribution in [0.1, 0.15) is 12.8 Å². The van der Waals surface area contributed by atoms with Gasteiger partial charge in [0.2, 0.25) is 5.91 Å². The summed E-state index contributed by atoms with van der Waals surface area (Å²) in [6, 6.07) is 0.523. The van der Waals surface area contributed by atoms with E-state index in [1.165, 1.54) is 0 Å². The second kappa shape index (κ2) is 5.32. The summed E-state index contributed by atoms with van der Waals surface area (Å²) in [4.78, 5) is 15.3. The lowest BCUT2D eigenvalue weighted by Gasteiger charge is -2.29. The van der Waals surface area contributed by atoms with Crippen LogP contribution in [0.15, 0.2) is 0 Å². The van der Waals surface area contributed by atoms with Crippen LogP contribution in [0.2, 0.25) is 0 Å². The summed E-state index contributed by atoms with van der Waals surface area (Å²) in [5.41, 5.74) is 0. The molecule has 0 radical (unpaired) electrons. The molecule has 0 aliphatic carbocycles. The van der Waals surface area contributed by atoms with Crippen LogP contribution in [0.4, 0.5) is 0 Å². The molecule has 0 spiro atoms. The van der Waals surface area contributed by atoms with E-state index in [9.17, 15) is 4.79 Å². The highest BCUT2D eigenvalue weighted by Crippen LogP contribution is 2.07. The van der Waals surface area contributed by atoms with Crippen molar-refractivity contribution in [2.75, 3.05) is 40.8 Å². The van der Waals surface area contributed by atoms with Gasteiger partial charge in [0.1, 0.15) is 0 Å². The molecule has 0 atom stereocenters. The van der Waals surface area contributed by atoms with Gasteiger partial charge in [-0.2, -0.15) is 0 Å². The monoisotopic (exact) mass is 199 g/mol. The summed E-state index contributed by atoms with van der Waals surface area (Å²) in [6.07, 6.45) is 2.30. The van der Waals surface area contributed by atoms with E-state index in [2.05, 4.69) is 17.3 Å². The Morgan fingerprint density at radius 1 is 1.43 bits per heavy atom. The normalized spacial score (nSPS) is 19.6. The fourth-order valence-corrected chi connectivity index (χ4v) is 1.60. The van der Waals surface area contributed by atoms with Crippen LogP contribution in [-0.2, 0) is 4.79 Å². The zero-order chi connectivity index (χ0) is 10.6. The second-order valence-corrected chi connectivity index (χ2v) is 4.25. The number of hydrogen-bond acceptors (Lipinski definition) is 3. The molecule has 1 rings (SSSR count). The van der Waals surface area contributed by atoms with Crippen LogP contribution in [0.25, 0.3) is 0 Å². The van der Waals surface area contributed by atoms with Crippen molar-refractivity contribution in [3.63, 3.8) is 0 Å². The van der Waals surface area contributed by atoms with Gasteiger partial charge in [0, 0.05) is 20.1 Å². The summed E-state index contributed by atoms with van der Waals surface area (Å²) >= 11 is 0. The molecule has 82 valence electrons. The van der Waals surface area contributed by atoms with Gasteiger partial charge in [-0.05, 0) is 33.0 Å². The van der Waals surface area contributed by atoms with Crippen LogP contribution in [-0.4, -0.2) is 62.5 Å². The average molecular weight is 199 g/mol. The molecule has 1 aliphatic heterocycles. The number of rotatable bonds is 3. The first kappa shape index (κ1) is 11.5. The smallest absolute Gasteiger partial charge is 0.236 e. The van der Waals surface area contributed by atoms with Gasteiger partial charge < -0.3 is 15.1 Å². The van der Waals surface area contributed by atoms with Crippen molar-refractivity contribution < 1.29 is 4.79 Å². The number of amides is 1. The maximum absolute atomic E-state index is 11.3. The lowest BCUT2D eigenvalue weighted by Crippen LogP contribution is -2.44. The lowest BCUT2D eigenvalue weighted by atomic mass is 10.1. The predicted molar refractivity (Wildman–Crippen MR) is 57.2 cm³/mol. The first-order valence-corrected chi connectivity index (χ1v) is 5.21. The largest absolute Gasteiger partial charge is 0.348 e. The predicted octanol–water partition coefficient (Wildman–Crippen LogP) is -0.242. The molecule has 0 aromatic heterocycles. The first-order chi connectivity index (χ1) is 6.59. The molecule has 4 nitrogen and oxygen atoms in total. The molecule has 0 saturated carbocycles. The Bertz CT molecular complexity index is 186. The van der Waals surface area contributed by atoms with Crippen molar-refractivity contribution in [1.29, 1.82) is 0 Å². The van der Waals surface area contributed by atoms with E-state index in [0.717, 1.165) is 25.9 Å². The minimum Gasteiger partial charge on any atom is -0.348 e. The molecule has 1 heterocycles. The van der Waals surface area contributed by atoms with Crippen molar-refractivity contribution in [2.24, 2.45) is 0 Å². The first-order valence-electron chi connectivity index (χ1n) is 5.21. The summed E-state index contributed by atoms with van der Waals surface area (Å²) < 4.78 is 0. The summed E-state index contributed by atoms with van der Waals surface area (Å²) in [5.74, 6) is 0.156. The lowest BCUT2D eigenvalue weighted by molar-refractivity contribution is -0.127. The number of nitrogens with zero attached hydrogens (tertiary/aromatic N) is 2. The molecule has 0 aromatic rings. The molecule has 1 aliphatic rings. The molecule has 0 unspecified atom stereocenters. The molecule has 4 heteroatoms. The Morgan fingerprint density at radius 3 is 2.50 bits per heavy atom. The third-order valence-corrected chi connectivity index (χ3v) is 2.76. The maximum Gasteiger partial charge on any atom is 0.236 e. The molecule has 0 aromatic carbocycles. The Balaban J connectivity index is 2.16. The van der Waals surface area contributed by atoms with E-state index in [-0.39, 0.29) is 5.91 Å². The number of likely N-dealkylation sites (tertiary alicyclic amines) is 1. The number of piperidine rings is 1. The maximum atomic E-state index is 11.3. The summed E-state index contributed by atoms with van der Waals surface area (Å²) in [6.45, 7) is 2.74. The van der Waals surface area contributed by atoms with E-state index in [1.807, 2.05) is 0 Å². The van der Waals surface area contributed by atoms with Gasteiger partial charge in [-0.25, -0.2) is 0 Å². The Kier molecular flexibility index (Phi) is 4.35. The van der Waals surface area contributed by atoms with Crippen molar-refractivity contribution >= 4 is 5.91 Å². The van der Waals surface area contributed by atoms with Crippen molar-refractivity contribution in [3.05, 3.63) is 0 Å². The standard InChI is InChI=1S/C10H21N3O/c1-12(2)10(14)8-11-9-4-6-13(3)7-5-9/h9,11H,4-8H2,1-3H3. The number of carbonyl (C=O) groups excluding carboxylic acids is 1. The van der Waals surface area contributed by atoms with Crippen molar-refractivity contribution in [2.45, 2.75) is 18.9 Å². The SMILES string of the molecule is CN1CCC(NCC(=O)N(C)C)CC1. The Morgan fingerprint density at radius 2 is 2.00 bits per heavy atom. The summed E-state index contributed by atoms with van der Waals surface area (Å²) in [7, 11) is 5.72. The number of carbonyl (C=O) groups is 1. The highest BCUT2D eigenvalue weighted by molar-refractivity contribution is 5.77. The zero-order valence-corrected chi connectivity index (χ0v) is 9.42. The van der Waals surface area contributed by atoms with Crippen LogP contribution in [0.3, 0.4) is 0 Å². The molecule has 1 saturated heterocycles. The highest BCUT2D eigenvalue weighted by atomic mass is 16.2. The van der Waals surface area contributed by atoms with E-state index in [0.29, 0.717) is 12.6 Å². The Hall–Kier alpha value is -0.610. The van der Waals surface area contributed by atoms with Crippen LogP contribution >= 0.6 is 0 Å². The fraction of sp³-hybridized carbons (Fsp3) is 0.900. The summed E-state index contributed by atoms with van der Waals surface area (Å²) in [5, 5.41) is 3.31. The van der Waals surface area contributed by atoms with Crippen LogP contribution in [0.5, 0.6) is 0 Å². The topological polar surface area (TPSA) is 35.6 Å². The third kappa shape index (κ3) is 3.64. The van der Waals surface area contributed by atoms with Crippen LogP contribution < -0.4 is 5.32 Å². The quantitative estimate of drug-likeness (QED) is 0.681. The minimum atomic E-state index is 0.156. The molecule has 1 fully saturated rings. The minimum absolute atomic E-state index is 0.156. The van der Waals surface area contributed by atoms with E-state index >= 15 is 0 Å². The molecular weight excluding hydrogens is 178 g/mol. The molecule has 14 heavy (non-hydrogen) atoms. The van der Waals surface area contributed by atoms with Gasteiger partial charge in [0.25, 0.3) is 0 Å². The number of likely N-dealkylation sites (N-methyl/N-ethyl adjacent to an activating group) is 1. The van der Waals surface area contributed by atoms with Gasteiger partial charge in [-0.1, -0.05) is 0 Å².